The van der Waals surface area contributed by atoms with Gasteiger partial charge in [0.2, 0.25) is 5.91 Å². The van der Waals surface area contributed by atoms with E-state index < -0.39 is 12.5 Å². The molecular formula is C20H21ClN2O5. The van der Waals surface area contributed by atoms with Crippen molar-refractivity contribution in [1.29, 1.82) is 0 Å². The Morgan fingerprint density at radius 2 is 1.71 bits per heavy atom. The van der Waals surface area contributed by atoms with Crippen molar-refractivity contribution in [3.8, 4) is 5.75 Å². The summed E-state index contributed by atoms with van der Waals surface area (Å²) in [6, 6.07) is 13.6. The van der Waals surface area contributed by atoms with E-state index >= 15 is 0 Å². The van der Waals surface area contributed by atoms with Crippen LogP contribution in [0.25, 0.3) is 0 Å². The molecule has 148 valence electrons. The molecule has 2 aromatic carbocycles. The number of rotatable bonds is 9. The average Bonchev–Trinajstić information content (AvgIpc) is 2.70. The largest absolute Gasteiger partial charge is 0.497 e. The lowest BCUT2D eigenvalue weighted by Gasteiger charge is -2.23. The number of anilines is 1. The normalized spacial score (nSPS) is 10.2. The maximum atomic E-state index is 13.0. The van der Waals surface area contributed by atoms with Gasteiger partial charge in [-0.2, -0.15) is 0 Å². The fourth-order valence-electron chi connectivity index (χ4n) is 2.52. The fourth-order valence-corrected chi connectivity index (χ4v) is 2.64. The number of halogens is 1. The fraction of sp³-hybridized carbons (Fsp3) is 0.250. The zero-order valence-corrected chi connectivity index (χ0v) is 16.1. The van der Waals surface area contributed by atoms with Crippen LogP contribution in [0.1, 0.15) is 23.2 Å². The second kappa shape index (κ2) is 10.3. The highest BCUT2D eigenvalue weighted by Gasteiger charge is 2.18. The van der Waals surface area contributed by atoms with E-state index in [4.69, 9.17) is 21.4 Å². The predicted molar refractivity (Wildman–Crippen MR) is 106 cm³/mol. The Morgan fingerprint density at radius 3 is 2.29 bits per heavy atom. The monoisotopic (exact) mass is 404 g/mol. The third-order valence-electron chi connectivity index (χ3n) is 3.94. The van der Waals surface area contributed by atoms with Gasteiger partial charge in [-0.25, -0.2) is 0 Å². The molecule has 28 heavy (non-hydrogen) atoms. The number of carbonyl (C=O) groups is 3. The molecule has 0 saturated carbocycles. The number of hydrogen-bond donors (Lipinski definition) is 2. The van der Waals surface area contributed by atoms with Crippen molar-refractivity contribution < 1.29 is 24.2 Å². The Balaban J connectivity index is 2.11. The summed E-state index contributed by atoms with van der Waals surface area (Å²) in [5.41, 5.74) is 1.13. The molecule has 0 spiro atoms. The number of hydrogen-bond acceptors (Lipinski definition) is 4. The Hall–Kier alpha value is -3.06. The topological polar surface area (TPSA) is 95.9 Å². The maximum Gasteiger partial charge on any atom is 0.322 e. The van der Waals surface area contributed by atoms with Crippen LogP contribution in [0, 0.1) is 0 Å². The van der Waals surface area contributed by atoms with Gasteiger partial charge in [-0.3, -0.25) is 14.4 Å². The Labute approximate surface area is 167 Å². The molecule has 2 rings (SSSR count). The maximum absolute atomic E-state index is 13.0. The van der Waals surface area contributed by atoms with E-state index in [2.05, 4.69) is 5.32 Å². The Morgan fingerprint density at radius 1 is 1.07 bits per heavy atom. The molecule has 2 amide bonds. The minimum atomic E-state index is -1.11. The van der Waals surface area contributed by atoms with E-state index in [0.717, 1.165) is 0 Å². The van der Waals surface area contributed by atoms with Gasteiger partial charge in [0.25, 0.3) is 5.91 Å². The van der Waals surface area contributed by atoms with Crippen LogP contribution in [-0.4, -0.2) is 43.1 Å². The first-order valence-corrected chi connectivity index (χ1v) is 8.98. The van der Waals surface area contributed by atoms with E-state index in [-0.39, 0.29) is 24.8 Å². The molecule has 2 aromatic rings. The van der Waals surface area contributed by atoms with Gasteiger partial charge in [-0.15, -0.1) is 0 Å². The number of methoxy groups -OCH3 is 1. The van der Waals surface area contributed by atoms with Gasteiger partial charge in [0.15, 0.2) is 0 Å². The molecule has 0 bridgehead atoms. The standard InChI is InChI=1S/C20H21ClN2O5/c1-28-17-10-8-16(9-11-17)23(12-2-3-18(24)22-13-19(25)26)20(27)14-4-6-15(21)7-5-14/h4-11H,2-3,12-13H2,1H3,(H,22,24)(H,25,26). The number of nitrogens with zero attached hydrogens (tertiary/aromatic N) is 1. The van der Waals surface area contributed by atoms with Crippen molar-refractivity contribution in [2.24, 2.45) is 0 Å². The summed E-state index contributed by atoms with van der Waals surface area (Å²) in [4.78, 5) is 36.8. The van der Waals surface area contributed by atoms with Gasteiger partial charge in [-0.05, 0) is 55.0 Å². The second-order valence-corrected chi connectivity index (χ2v) is 6.37. The quantitative estimate of drug-likeness (QED) is 0.669. The first-order valence-electron chi connectivity index (χ1n) is 8.60. The molecule has 0 aromatic heterocycles. The number of carbonyl (C=O) groups excluding carboxylic acids is 2. The molecule has 0 saturated heterocycles. The molecule has 0 unspecified atom stereocenters. The highest BCUT2D eigenvalue weighted by Crippen LogP contribution is 2.22. The van der Waals surface area contributed by atoms with Gasteiger partial charge in [0, 0.05) is 29.2 Å². The van der Waals surface area contributed by atoms with Crippen LogP contribution in [0.5, 0.6) is 5.75 Å². The lowest BCUT2D eigenvalue weighted by molar-refractivity contribution is -0.137. The van der Waals surface area contributed by atoms with Gasteiger partial charge in [0.05, 0.1) is 7.11 Å². The third-order valence-corrected chi connectivity index (χ3v) is 4.19. The summed E-state index contributed by atoms with van der Waals surface area (Å²) < 4.78 is 5.15. The molecule has 0 radical (unpaired) electrons. The second-order valence-electron chi connectivity index (χ2n) is 5.94. The number of carboxylic acids is 1. The van der Waals surface area contributed by atoms with Crippen molar-refractivity contribution in [3.05, 3.63) is 59.1 Å². The summed E-state index contributed by atoms with van der Waals surface area (Å²) in [5, 5.41) is 11.4. The lowest BCUT2D eigenvalue weighted by Crippen LogP contribution is -2.33. The molecule has 0 aliphatic heterocycles. The number of amides is 2. The van der Waals surface area contributed by atoms with Crippen LogP contribution in [0.3, 0.4) is 0 Å². The number of carboxylic acid groups (broad SMARTS) is 1. The van der Waals surface area contributed by atoms with E-state index in [1.807, 2.05) is 0 Å². The van der Waals surface area contributed by atoms with Gasteiger partial charge >= 0.3 is 5.97 Å². The van der Waals surface area contributed by atoms with Crippen molar-refractivity contribution in [2.75, 3.05) is 25.1 Å². The van der Waals surface area contributed by atoms with Gasteiger partial charge in [-0.1, -0.05) is 11.6 Å². The van der Waals surface area contributed by atoms with Crippen LogP contribution in [0.2, 0.25) is 5.02 Å². The first-order chi connectivity index (χ1) is 13.4. The van der Waals surface area contributed by atoms with Gasteiger partial charge in [0.1, 0.15) is 12.3 Å². The molecule has 7 nitrogen and oxygen atoms in total. The zero-order chi connectivity index (χ0) is 20.5. The molecule has 0 heterocycles. The molecule has 8 heteroatoms. The smallest absolute Gasteiger partial charge is 0.322 e. The van der Waals surface area contributed by atoms with Crippen LogP contribution in [0.4, 0.5) is 5.69 Å². The van der Waals surface area contributed by atoms with E-state index in [0.29, 0.717) is 28.4 Å². The van der Waals surface area contributed by atoms with Gasteiger partial charge < -0.3 is 20.1 Å². The predicted octanol–water partition coefficient (Wildman–Crippen LogP) is 2.98. The SMILES string of the molecule is COc1ccc(N(CCCC(=O)NCC(=O)O)C(=O)c2ccc(Cl)cc2)cc1. The molecule has 0 atom stereocenters. The summed E-state index contributed by atoms with van der Waals surface area (Å²) in [7, 11) is 1.56. The minimum absolute atomic E-state index is 0.105. The van der Waals surface area contributed by atoms with Crippen molar-refractivity contribution in [3.63, 3.8) is 0 Å². The number of benzene rings is 2. The Bertz CT molecular complexity index is 821. The average molecular weight is 405 g/mol. The van der Waals surface area contributed by atoms with E-state index in [1.54, 1.807) is 60.5 Å². The van der Waals surface area contributed by atoms with Crippen LogP contribution in [0.15, 0.2) is 48.5 Å². The summed E-state index contributed by atoms with van der Waals surface area (Å²) in [5.74, 6) is -1.05. The minimum Gasteiger partial charge on any atom is -0.497 e. The van der Waals surface area contributed by atoms with Crippen LogP contribution < -0.4 is 15.0 Å². The van der Waals surface area contributed by atoms with Crippen molar-refractivity contribution in [2.45, 2.75) is 12.8 Å². The summed E-state index contributed by atoms with van der Waals surface area (Å²) in [6.45, 7) is -0.140. The Kier molecular flexibility index (Phi) is 7.83. The summed E-state index contributed by atoms with van der Waals surface area (Å²) >= 11 is 5.89. The van der Waals surface area contributed by atoms with Crippen LogP contribution in [-0.2, 0) is 9.59 Å². The highest BCUT2D eigenvalue weighted by molar-refractivity contribution is 6.30. The first kappa shape index (κ1) is 21.2. The molecular weight excluding hydrogens is 384 g/mol. The molecule has 0 aliphatic rings. The molecule has 2 N–H and O–H groups in total. The van der Waals surface area contributed by atoms with E-state index in [9.17, 15) is 14.4 Å². The number of ether oxygens (including phenoxy) is 1. The number of aliphatic carboxylic acids is 1. The summed E-state index contributed by atoms with van der Waals surface area (Å²) in [6.07, 6.45) is 0.477. The van der Waals surface area contributed by atoms with Crippen LogP contribution >= 0.6 is 11.6 Å². The zero-order valence-electron chi connectivity index (χ0n) is 15.4. The van der Waals surface area contributed by atoms with Crippen molar-refractivity contribution >= 4 is 35.1 Å². The molecule has 0 fully saturated rings. The third kappa shape index (κ3) is 6.28. The number of nitrogens with one attached hydrogen (secondary N) is 1. The van der Waals surface area contributed by atoms with E-state index in [1.165, 1.54) is 0 Å². The highest BCUT2D eigenvalue weighted by atomic mass is 35.5. The molecule has 0 aliphatic carbocycles. The lowest BCUT2D eigenvalue weighted by atomic mass is 10.1. The van der Waals surface area contributed by atoms with Crippen molar-refractivity contribution in [1.82, 2.24) is 5.32 Å².